The third kappa shape index (κ3) is 4.63. The highest BCUT2D eigenvalue weighted by Crippen LogP contribution is 2.34. The number of rotatable bonds is 5. The molecule has 1 N–H and O–H groups in total. The van der Waals surface area contributed by atoms with Crippen molar-refractivity contribution in [1.29, 1.82) is 0 Å². The van der Waals surface area contributed by atoms with Crippen molar-refractivity contribution in [2.75, 3.05) is 13.4 Å². The quantitative estimate of drug-likeness (QED) is 0.869. The van der Waals surface area contributed by atoms with Gasteiger partial charge in [0.15, 0.2) is 23.1 Å². The number of ether oxygens (including phenoxy) is 2. The Kier molecular flexibility index (Phi) is 5.21. The van der Waals surface area contributed by atoms with E-state index in [-0.39, 0.29) is 11.5 Å². The van der Waals surface area contributed by atoms with E-state index in [4.69, 9.17) is 9.47 Å². The lowest BCUT2D eigenvalue weighted by Gasteiger charge is -2.12. The maximum Gasteiger partial charge on any atom is 0.267 e. The van der Waals surface area contributed by atoms with E-state index in [1.165, 1.54) is 17.9 Å². The number of sulfonamides is 1. The smallest absolute Gasteiger partial charge is 0.267 e. The van der Waals surface area contributed by atoms with Gasteiger partial charge < -0.3 is 9.47 Å². The van der Waals surface area contributed by atoms with Gasteiger partial charge in [0.1, 0.15) is 11.6 Å². The summed E-state index contributed by atoms with van der Waals surface area (Å²) in [6.45, 7) is 0. The van der Waals surface area contributed by atoms with Gasteiger partial charge in [0.2, 0.25) is 10.0 Å². The lowest BCUT2D eigenvalue weighted by molar-refractivity contribution is 0.0977. The van der Waals surface area contributed by atoms with Gasteiger partial charge in [0.25, 0.3) is 5.91 Å². The molecule has 2 aromatic carbocycles. The molecule has 2 rings (SSSR count). The molecule has 0 heterocycles. The molecular formula is C15H12F3NO5S. The molecular weight excluding hydrogens is 363 g/mol. The zero-order chi connectivity index (χ0) is 18.8. The molecule has 6 nitrogen and oxygen atoms in total. The molecule has 0 aliphatic rings. The van der Waals surface area contributed by atoms with Crippen molar-refractivity contribution in [3.05, 3.63) is 53.3 Å². The molecule has 0 spiro atoms. The summed E-state index contributed by atoms with van der Waals surface area (Å²) in [6.07, 6.45) is 0.687. The molecule has 0 aliphatic carbocycles. The highest BCUT2D eigenvalue weighted by molar-refractivity contribution is 7.89. The first-order chi connectivity index (χ1) is 11.6. The summed E-state index contributed by atoms with van der Waals surface area (Å²) >= 11 is 0. The molecule has 0 bridgehead atoms. The van der Waals surface area contributed by atoms with E-state index < -0.39 is 44.7 Å². The number of nitrogens with one attached hydrogen (secondary N) is 1. The maximum atomic E-state index is 14.1. The monoisotopic (exact) mass is 375 g/mol. The SMILES string of the molecule is COc1ccc(F)cc1Oc1cc(F)c(C(=O)NS(C)(=O)=O)cc1F. The number of hydrogen-bond donors (Lipinski definition) is 1. The van der Waals surface area contributed by atoms with Gasteiger partial charge in [0, 0.05) is 12.1 Å². The normalized spacial score (nSPS) is 11.1. The number of carbonyl (C=O) groups excluding carboxylic acids is 1. The largest absolute Gasteiger partial charge is 0.493 e. The number of halogens is 3. The summed E-state index contributed by atoms with van der Waals surface area (Å²) in [7, 11) is -2.68. The van der Waals surface area contributed by atoms with Gasteiger partial charge in [-0.25, -0.2) is 26.3 Å². The Hall–Kier alpha value is -2.75. The topological polar surface area (TPSA) is 81.7 Å². The first-order valence-electron chi connectivity index (χ1n) is 6.63. The van der Waals surface area contributed by atoms with Gasteiger partial charge >= 0.3 is 0 Å². The second-order valence-electron chi connectivity index (χ2n) is 4.86. The van der Waals surface area contributed by atoms with Crippen molar-refractivity contribution in [2.24, 2.45) is 0 Å². The van der Waals surface area contributed by atoms with E-state index in [9.17, 15) is 26.4 Å². The highest BCUT2D eigenvalue weighted by atomic mass is 32.2. The Morgan fingerprint density at radius 3 is 2.28 bits per heavy atom. The summed E-state index contributed by atoms with van der Waals surface area (Å²) < 4.78 is 74.9. The van der Waals surface area contributed by atoms with Crippen molar-refractivity contribution in [1.82, 2.24) is 4.72 Å². The maximum absolute atomic E-state index is 14.1. The second-order valence-corrected chi connectivity index (χ2v) is 6.61. The standard InChI is InChI=1S/C15H12F3NO5S/c1-23-12-4-3-8(16)5-14(12)24-13-7-10(17)9(6-11(13)18)15(20)19-25(2,21)22/h3-7H,1-2H3,(H,19,20). The van der Waals surface area contributed by atoms with Crippen molar-refractivity contribution in [3.8, 4) is 17.2 Å². The molecule has 0 fully saturated rings. The van der Waals surface area contributed by atoms with E-state index >= 15 is 0 Å². The molecule has 0 unspecified atom stereocenters. The summed E-state index contributed by atoms with van der Waals surface area (Å²) in [5.41, 5.74) is -0.832. The molecule has 0 saturated carbocycles. The lowest BCUT2D eigenvalue weighted by Crippen LogP contribution is -2.30. The minimum Gasteiger partial charge on any atom is -0.493 e. The van der Waals surface area contributed by atoms with Gasteiger partial charge in [-0.2, -0.15) is 0 Å². The van der Waals surface area contributed by atoms with Crippen LogP contribution in [-0.2, 0) is 10.0 Å². The fraction of sp³-hybridized carbons (Fsp3) is 0.133. The van der Waals surface area contributed by atoms with E-state index in [1.54, 1.807) is 0 Å². The predicted octanol–water partition coefficient (Wildman–Crippen LogP) is 2.59. The van der Waals surface area contributed by atoms with Crippen LogP contribution >= 0.6 is 0 Å². The predicted molar refractivity (Wildman–Crippen MR) is 81.7 cm³/mol. The molecule has 0 aromatic heterocycles. The molecule has 25 heavy (non-hydrogen) atoms. The first kappa shape index (κ1) is 18.6. The van der Waals surface area contributed by atoms with Gasteiger partial charge in [-0.3, -0.25) is 4.79 Å². The molecule has 0 radical (unpaired) electrons. The van der Waals surface area contributed by atoms with Crippen LogP contribution in [0.25, 0.3) is 0 Å². The van der Waals surface area contributed by atoms with Crippen LogP contribution in [0.2, 0.25) is 0 Å². The van der Waals surface area contributed by atoms with Crippen LogP contribution in [0.5, 0.6) is 17.2 Å². The van der Waals surface area contributed by atoms with Gasteiger partial charge in [-0.15, -0.1) is 0 Å². The first-order valence-corrected chi connectivity index (χ1v) is 8.52. The minimum absolute atomic E-state index is 0.0695. The highest BCUT2D eigenvalue weighted by Gasteiger charge is 2.20. The van der Waals surface area contributed by atoms with Crippen molar-refractivity contribution in [3.63, 3.8) is 0 Å². The molecule has 0 saturated heterocycles. The Morgan fingerprint density at radius 2 is 1.68 bits per heavy atom. The van der Waals surface area contributed by atoms with Crippen molar-refractivity contribution in [2.45, 2.75) is 0 Å². The molecule has 0 aliphatic heterocycles. The van der Waals surface area contributed by atoms with Crippen LogP contribution in [0.15, 0.2) is 30.3 Å². The van der Waals surface area contributed by atoms with Crippen LogP contribution in [0.3, 0.4) is 0 Å². The fourth-order valence-corrected chi connectivity index (χ4v) is 2.30. The lowest BCUT2D eigenvalue weighted by atomic mass is 10.2. The molecule has 10 heteroatoms. The Labute approximate surface area is 141 Å². The molecule has 0 atom stereocenters. The summed E-state index contributed by atoms with van der Waals surface area (Å²) in [6, 6.07) is 4.22. The Balaban J connectivity index is 2.38. The van der Waals surface area contributed by atoms with E-state index in [0.717, 1.165) is 12.1 Å². The van der Waals surface area contributed by atoms with Crippen molar-refractivity contribution < 1.29 is 35.9 Å². The number of benzene rings is 2. The Morgan fingerprint density at radius 1 is 1.00 bits per heavy atom. The van der Waals surface area contributed by atoms with Crippen LogP contribution in [0.1, 0.15) is 10.4 Å². The van der Waals surface area contributed by atoms with Gasteiger partial charge in [-0.1, -0.05) is 0 Å². The van der Waals surface area contributed by atoms with E-state index in [1.807, 2.05) is 0 Å². The summed E-state index contributed by atoms with van der Waals surface area (Å²) in [5, 5.41) is 0. The van der Waals surface area contributed by atoms with Crippen LogP contribution in [0.4, 0.5) is 13.2 Å². The van der Waals surface area contributed by atoms with Crippen LogP contribution < -0.4 is 14.2 Å². The number of amides is 1. The van der Waals surface area contributed by atoms with E-state index in [0.29, 0.717) is 18.4 Å². The number of hydrogen-bond acceptors (Lipinski definition) is 5. The zero-order valence-corrected chi connectivity index (χ0v) is 13.8. The molecule has 134 valence electrons. The minimum atomic E-state index is -3.95. The summed E-state index contributed by atoms with van der Waals surface area (Å²) in [4.78, 5) is 11.6. The average molecular weight is 375 g/mol. The zero-order valence-electron chi connectivity index (χ0n) is 13.0. The van der Waals surface area contributed by atoms with Crippen molar-refractivity contribution >= 4 is 15.9 Å². The molecule has 2 aromatic rings. The molecule has 1 amide bonds. The van der Waals surface area contributed by atoms with Gasteiger partial charge in [0.05, 0.1) is 18.9 Å². The average Bonchev–Trinajstić information content (AvgIpc) is 2.49. The Bertz CT molecular complexity index is 931. The fourth-order valence-electron chi connectivity index (χ4n) is 1.85. The second kappa shape index (κ2) is 7.01. The summed E-state index contributed by atoms with van der Waals surface area (Å²) in [5.74, 6) is -5.21. The third-order valence-electron chi connectivity index (χ3n) is 2.89. The third-order valence-corrected chi connectivity index (χ3v) is 3.45. The van der Waals surface area contributed by atoms with Crippen LogP contribution in [-0.4, -0.2) is 27.7 Å². The number of carbonyl (C=O) groups is 1. The van der Waals surface area contributed by atoms with Gasteiger partial charge in [-0.05, 0) is 18.2 Å². The van der Waals surface area contributed by atoms with Crippen LogP contribution in [0, 0.1) is 17.5 Å². The number of methoxy groups -OCH3 is 1. The van der Waals surface area contributed by atoms with E-state index in [2.05, 4.69) is 0 Å².